The maximum Gasteiger partial charge on any atom is 0.247 e. The van der Waals surface area contributed by atoms with E-state index in [1.54, 1.807) is 23.1 Å². The lowest BCUT2D eigenvalue weighted by Crippen LogP contribution is -2.50. The summed E-state index contributed by atoms with van der Waals surface area (Å²) in [7, 11) is 0. The van der Waals surface area contributed by atoms with Gasteiger partial charge in [-0.05, 0) is 29.2 Å². The molecule has 1 unspecified atom stereocenters. The van der Waals surface area contributed by atoms with E-state index in [4.69, 9.17) is 9.47 Å². The zero-order valence-electron chi connectivity index (χ0n) is 17.9. The number of ether oxygens (including phenoxy) is 2. The average Bonchev–Trinajstić information content (AvgIpc) is 2.99. The number of rotatable bonds is 4. The molecule has 0 radical (unpaired) electrons. The van der Waals surface area contributed by atoms with Gasteiger partial charge in [0.25, 0.3) is 0 Å². The summed E-state index contributed by atoms with van der Waals surface area (Å²) in [5.41, 5.74) is 2.83. The van der Waals surface area contributed by atoms with Crippen molar-refractivity contribution in [1.82, 2.24) is 4.90 Å². The van der Waals surface area contributed by atoms with Crippen molar-refractivity contribution in [3.8, 4) is 11.5 Å². The molecule has 2 aromatic carbocycles. The number of nitrogens with one attached hydrogen (secondary N) is 1. The van der Waals surface area contributed by atoms with E-state index in [-0.39, 0.29) is 17.7 Å². The second-order valence-electron chi connectivity index (χ2n) is 8.86. The van der Waals surface area contributed by atoms with Gasteiger partial charge in [0, 0.05) is 45.0 Å². The zero-order chi connectivity index (χ0) is 21.5. The molecule has 0 aliphatic carbocycles. The first-order chi connectivity index (χ1) is 14.2. The molecule has 0 saturated heterocycles. The highest BCUT2D eigenvalue weighted by molar-refractivity contribution is 5.98. The normalized spacial score (nSPS) is 18.8. The maximum atomic E-state index is 13.2. The molecule has 158 valence electrons. The smallest absolute Gasteiger partial charge is 0.247 e. The van der Waals surface area contributed by atoms with Gasteiger partial charge < -0.3 is 19.7 Å². The molecule has 6 heteroatoms. The Morgan fingerprint density at radius 2 is 1.80 bits per heavy atom. The summed E-state index contributed by atoms with van der Waals surface area (Å²) < 4.78 is 11.5. The van der Waals surface area contributed by atoms with Gasteiger partial charge in [0.1, 0.15) is 6.04 Å². The molecule has 6 nitrogen and oxygen atoms in total. The standard InChI is InChI=1S/C24H28N2O4/c1-15(2)11-22(27)26-14-17-8-6-5-7-16(17)12-19(26)23(28)25-18-9-10-20-21(13-18)30-24(3,4)29-20/h5-10,13,15,19H,11-12,14H2,1-4H3,(H,25,28). The van der Waals surface area contributed by atoms with Gasteiger partial charge in [-0.2, -0.15) is 0 Å². The summed E-state index contributed by atoms with van der Waals surface area (Å²) >= 11 is 0. The summed E-state index contributed by atoms with van der Waals surface area (Å²) in [4.78, 5) is 27.9. The Morgan fingerprint density at radius 1 is 1.10 bits per heavy atom. The van der Waals surface area contributed by atoms with Gasteiger partial charge in [0.2, 0.25) is 17.6 Å². The monoisotopic (exact) mass is 408 g/mol. The maximum absolute atomic E-state index is 13.2. The fraction of sp³-hybridized carbons (Fsp3) is 0.417. The van der Waals surface area contributed by atoms with E-state index >= 15 is 0 Å². The molecule has 2 aliphatic rings. The summed E-state index contributed by atoms with van der Waals surface area (Å²) in [6, 6.07) is 12.8. The molecular formula is C24H28N2O4. The molecule has 4 rings (SSSR count). The number of anilines is 1. The molecule has 0 bridgehead atoms. The molecule has 0 fully saturated rings. The molecule has 30 heavy (non-hydrogen) atoms. The minimum absolute atomic E-state index is 0.00656. The van der Waals surface area contributed by atoms with E-state index in [0.29, 0.717) is 36.6 Å². The number of fused-ring (bicyclic) bond motifs is 2. The van der Waals surface area contributed by atoms with Crippen LogP contribution in [0.3, 0.4) is 0 Å². The van der Waals surface area contributed by atoms with Crippen molar-refractivity contribution in [3.63, 3.8) is 0 Å². The molecular weight excluding hydrogens is 380 g/mol. The number of benzene rings is 2. The third-order valence-corrected chi connectivity index (χ3v) is 5.38. The van der Waals surface area contributed by atoms with Crippen molar-refractivity contribution in [2.24, 2.45) is 5.92 Å². The van der Waals surface area contributed by atoms with Gasteiger partial charge in [0.15, 0.2) is 11.5 Å². The van der Waals surface area contributed by atoms with Crippen LogP contribution < -0.4 is 14.8 Å². The predicted molar refractivity (Wildman–Crippen MR) is 114 cm³/mol. The molecule has 0 spiro atoms. The first-order valence-corrected chi connectivity index (χ1v) is 10.4. The molecule has 1 N–H and O–H groups in total. The van der Waals surface area contributed by atoms with Crippen LogP contribution in [-0.4, -0.2) is 28.5 Å². The van der Waals surface area contributed by atoms with Crippen molar-refractivity contribution in [1.29, 1.82) is 0 Å². The lowest BCUT2D eigenvalue weighted by atomic mass is 9.92. The number of carbonyl (C=O) groups is 2. The van der Waals surface area contributed by atoms with Crippen LogP contribution >= 0.6 is 0 Å². The van der Waals surface area contributed by atoms with Crippen LogP contribution in [0.1, 0.15) is 45.2 Å². The van der Waals surface area contributed by atoms with Crippen molar-refractivity contribution in [2.75, 3.05) is 5.32 Å². The third-order valence-electron chi connectivity index (χ3n) is 5.38. The first kappa shape index (κ1) is 20.3. The quantitative estimate of drug-likeness (QED) is 0.826. The number of nitrogens with zero attached hydrogens (tertiary/aromatic N) is 1. The number of hydrogen-bond donors (Lipinski definition) is 1. The largest absolute Gasteiger partial charge is 0.449 e. The van der Waals surface area contributed by atoms with E-state index in [2.05, 4.69) is 5.32 Å². The third kappa shape index (κ3) is 4.13. The number of carbonyl (C=O) groups excluding carboxylic acids is 2. The van der Waals surface area contributed by atoms with Crippen LogP contribution in [-0.2, 0) is 22.6 Å². The van der Waals surface area contributed by atoms with Crippen LogP contribution in [0, 0.1) is 5.92 Å². The van der Waals surface area contributed by atoms with Crippen LogP contribution in [0.2, 0.25) is 0 Å². The fourth-order valence-corrected chi connectivity index (χ4v) is 4.01. The summed E-state index contributed by atoms with van der Waals surface area (Å²) in [6.07, 6.45) is 0.925. The SMILES string of the molecule is CC(C)CC(=O)N1Cc2ccccc2CC1C(=O)Nc1ccc2c(c1)OC(C)(C)O2. The van der Waals surface area contributed by atoms with Crippen LogP contribution in [0.5, 0.6) is 11.5 Å². The van der Waals surface area contributed by atoms with Gasteiger partial charge in [0.05, 0.1) is 0 Å². The highest BCUT2D eigenvalue weighted by Gasteiger charge is 2.35. The van der Waals surface area contributed by atoms with Gasteiger partial charge >= 0.3 is 0 Å². The van der Waals surface area contributed by atoms with Gasteiger partial charge in [-0.15, -0.1) is 0 Å². The topological polar surface area (TPSA) is 67.9 Å². The summed E-state index contributed by atoms with van der Waals surface area (Å²) in [5.74, 6) is 0.568. The number of amides is 2. The van der Waals surface area contributed by atoms with Crippen molar-refractivity contribution >= 4 is 17.5 Å². The Hall–Kier alpha value is -3.02. The Morgan fingerprint density at radius 3 is 2.53 bits per heavy atom. The Kier molecular flexibility index (Phi) is 5.18. The second kappa shape index (κ2) is 7.67. The van der Waals surface area contributed by atoms with Gasteiger partial charge in [-0.3, -0.25) is 9.59 Å². The van der Waals surface area contributed by atoms with E-state index in [1.165, 1.54) is 0 Å². The molecule has 0 aromatic heterocycles. The van der Waals surface area contributed by atoms with E-state index < -0.39 is 11.8 Å². The highest BCUT2D eigenvalue weighted by atomic mass is 16.7. The van der Waals surface area contributed by atoms with Gasteiger partial charge in [-0.25, -0.2) is 0 Å². The Balaban J connectivity index is 1.56. The van der Waals surface area contributed by atoms with Crippen molar-refractivity contribution in [2.45, 2.75) is 58.9 Å². The minimum atomic E-state index is -0.724. The highest BCUT2D eigenvalue weighted by Crippen LogP contribution is 2.40. The van der Waals surface area contributed by atoms with Crippen LogP contribution in [0.25, 0.3) is 0 Å². The van der Waals surface area contributed by atoms with Crippen molar-refractivity contribution in [3.05, 3.63) is 53.6 Å². The second-order valence-corrected chi connectivity index (χ2v) is 8.86. The summed E-state index contributed by atoms with van der Waals surface area (Å²) in [5, 5.41) is 2.97. The molecule has 2 aromatic rings. The van der Waals surface area contributed by atoms with Crippen molar-refractivity contribution < 1.29 is 19.1 Å². The molecule has 1 atom stereocenters. The summed E-state index contributed by atoms with van der Waals surface area (Å²) in [6.45, 7) is 8.15. The van der Waals surface area contributed by atoms with Gasteiger partial charge in [-0.1, -0.05) is 38.1 Å². The minimum Gasteiger partial charge on any atom is -0.449 e. The Bertz CT molecular complexity index is 983. The molecule has 2 aliphatic heterocycles. The predicted octanol–water partition coefficient (Wildman–Crippen LogP) is 4.13. The molecule has 2 amide bonds. The molecule has 2 heterocycles. The lowest BCUT2D eigenvalue weighted by Gasteiger charge is -2.36. The van der Waals surface area contributed by atoms with E-state index in [9.17, 15) is 9.59 Å². The zero-order valence-corrected chi connectivity index (χ0v) is 17.9. The van der Waals surface area contributed by atoms with E-state index in [0.717, 1.165) is 11.1 Å². The van der Waals surface area contributed by atoms with Crippen LogP contribution in [0.4, 0.5) is 5.69 Å². The lowest BCUT2D eigenvalue weighted by molar-refractivity contribution is -0.140. The fourth-order valence-electron chi connectivity index (χ4n) is 4.01. The average molecular weight is 408 g/mol. The first-order valence-electron chi connectivity index (χ1n) is 10.4. The van der Waals surface area contributed by atoms with Crippen LogP contribution in [0.15, 0.2) is 42.5 Å². The number of hydrogen-bond acceptors (Lipinski definition) is 4. The Labute approximate surface area is 177 Å². The molecule has 0 saturated carbocycles. The van der Waals surface area contributed by atoms with E-state index in [1.807, 2.05) is 52.0 Å².